The average Bonchev–Trinajstić information content (AvgIpc) is 2.77. The number of halogens is 1. The third-order valence-corrected chi connectivity index (χ3v) is 4.76. The van der Waals surface area contributed by atoms with Gasteiger partial charge in [0.25, 0.3) is 0 Å². The molecule has 1 saturated carbocycles. The van der Waals surface area contributed by atoms with E-state index in [0.717, 1.165) is 17.0 Å². The van der Waals surface area contributed by atoms with Crippen molar-refractivity contribution < 1.29 is 0 Å². The van der Waals surface area contributed by atoms with E-state index < -0.39 is 0 Å². The van der Waals surface area contributed by atoms with Crippen LogP contribution in [0, 0.1) is 12.3 Å². The number of nitrogens with zero attached hydrogens (tertiary/aromatic N) is 3. The molecule has 0 spiro atoms. The van der Waals surface area contributed by atoms with E-state index in [-0.39, 0.29) is 0 Å². The summed E-state index contributed by atoms with van der Waals surface area (Å²) in [6.07, 6.45) is 6.83. The summed E-state index contributed by atoms with van der Waals surface area (Å²) < 4.78 is 2.30. The maximum atomic E-state index is 6.14. The predicted molar refractivity (Wildman–Crippen MR) is 83.1 cm³/mol. The molecule has 1 fully saturated rings. The van der Waals surface area contributed by atoms with Crippen LogP contribution < -0.4 is 0 Å². The molecule has 4 heteroatoms. The Morgan fingerprint density at radius 2 is 2.25 bits per heavy atom. The average molecular weight is 292 g/mol. The smallest absolute Gasteiger partial charge is 0.160 e. The highest BCUT2D eigenvalue weighted by atomic mass is 35.5. The zero-order valence-electron chi connectivity index (χ0n) is 12.5. The van der Waals surface area contributed by atoms with Crippen molar-refractivity contribution in [3.05, 3.63) is 23.7 Å². The molecule has 2 aromatic rings. The van der Waals surface area contributed by atoms with Gasteiger partial charge in [-0.25, -0.2) is 9.97 Å². The molecule has 0 radical (unpaired) electrons. The van der Waals surface area contributed by atoms with Gasteiger partial charge < -0.3 is 4.57 Å². The summed E-state index contributed by atoms with van der Waals surface area (Å²) in [7, 11) is 0. The fourth-order valence-electron chi connectivity index (χ4n) is 3.51. The highest BCUT2D eigenvalue weighted by Gasteiger charge is 2.31. The lowest BCUT2D eigenvalue weighted by Crippen LogP contribution is -2.26. The summed E-state index contributed by atoms with van der Waals surface area (Å²) in [5.41, 5.74) is 3.58. The van der Waals surface area contributed by atoms with E-state index in [9.17, 15) is 0 Å². The van der Waals surface area contributed by atoms with Gasteiger partial charge in [0.05, 0.1) is 5.88 Å². The number of hydrogen-bond acceptors (Lipinski definition) is 2. The molecule has 0 bridgehead atoms. The minimum atomic E-state index is 0.396. The van der Waals surface area contributed by atoms with Gasteiger partial charge in [0.2, 0.25) is 0 Å². The lowest BCUT2D eigenvalue weighted by Gasteiger charge is -2.36. The molecule has 1 aliphatic carbocycles. The van der Waals surface area contributed by atoms with E-state index in [1.807, 2.05) is 12.3 Å². The Labute approximate surface area is 125 Å². The standard InChI is InChI=1S/C16H22ClN3/c1-11-6-8-18-15-14(11)19-13(10-17)20(15)12-5-4-7-16(2,3)9-12/h6,8,12H,4-5,7,9-10H2,1-3H3. The molecule has 1 atom stereocenters. The number of aryl methyl sites for hydroxylation is 1. The first-order chi connectivity index (χ1) is 9.52. The number of pyridine rings is 1. The van der Waals surface area contributed by atoms with Gasteiger partial charge in [0, 0.05) is 12.2 Å². The summed E-state index contributed by atoms with van der Waals surface area (Å²) in [4.78, 5) is 9.30. The number of rotatable bonds is 2. The minimum Gasteiger partial charge on any atom is -0.309 e. The van der Waals surface area contributed by atoms with E-state index in [2.05, 4.69) is 30.3 Å². The summed E-state index contributed by atoms with van der Waals surface area (Å²) in [5.74, 6) is 1.42. The fraction of sp³-hybridized carbons (Fsp3) is 0.625. The largest absolute Gasteiger partial charge is 0.309 e. The second-order valence-electron chi connectivity index (χ2n) is 6.75. The van der Waals surface area contributed by atoms with E-state index >= 15 is 0 Å². The van der Waals surface area contributed by atoms with Gasteiger partial charge in [-0.2, -0.15) is 0 Å². The van der Waals surface area contributed by atoms with Crippen LogP contribution in [0.5, 0.6) is 0 Å². The molecule has 3 rings (SSSR count). The third kappa shape index (κ3) is 2.32. The molecular weight excluding hydrogens is 270 g/mol. The Bertz CT molecular complexity index is 630. The zero-order valence-corrected chi connectivity index (χ0v) is 13.2. The van der Waals surface area contributed by atoms with Crippen molar-refractivity contribution in [1.29, 1.82) is 0 Å². The molecular formula is C16H22ClN3. The molecule has 0 N–H and O–H groups in total. The Hall–Kier alpha value is -1.09. The fourth-order valence-corrected chi connectivity index (χ4v) is 3.70. The van der Waals surface area contributed by atoms with Crippen LogP contribution in [0.2, 0.25) is 0 Å². The monoisotopic (exact) mass is 291 g/mol. The van der Waals surface area contributed by atoms with E-state index in [0.29, 0.717) is 17.3 Å². The maximum Gasteiger partial charge on any atom is 0.160 e. The van der Waals surface area contributed by atoms with E-state index in [1.165, 1.54) is 31.2 Å². The van der Waals surface area contributed by atoms with Gasteiger partial charge in [-0.1, -0.05) is 20.3 Å². The first kappa shape index (κ1) is 13.9. The quantitative estimate of drug-likeness (QED) is 0.756. The summed E-state index contributed by atoms with van der Waals surface area (Å²) >= 11 is 6.14. The Morgan fingerprint density at radius 3 is 2.95 bits per heavy atom. The normalized spacial score (nSPS) is 22.3. The van der Waals surface area contributed by atoms with Crippen molar-refractivity contribution >= 4 is 22.8 Å². The Kier molecular flexibility index (Phi) is 3.49. The van der Waals surface area contributed by atoms with Crippen molar-refractivity contribution in [2.75, 3.05) is 0 Å². The van der Waals surface area contributed by atoms with Gasteiger partial charge in [0.1, 0.15) is 11.3 Å². The second-order valence-corrected chi connectivity index (χ2v) is 7.01. The lowest BCUT2D eigenvalue weighted by molar-refractivity contribution is 0.184. The maximum absolute atomic E-state index is 6.14. The number of fused-ring (bicyclic) bond motifs is 1. The van der Waals surface area contributed by atoms with Crippen molar-refractivity contribution in [1.82, 2.24) is 14.5 Å². The van der Waals surface area contributed by atoms with Crippen molar-refractivity contribution in [2.45, 2.75) is 58.4 Å². The molecule has 0 aromatic carbocycles. The van der Waals surface area contributed by atoms with Gasteiger partial charge in [-0.15, -0.1) is 11.6 Å². The molecule has 20 heavy (non-hydrogen) atoms. The minimum absolute atomic E-state index is 0.396. The lowest BCUT2D eigenvalue weighted by atomic mass is 9.75. The first-order valence-corrected chi connectivity index (χ1v) is 7.94. The summed E-state index contributed by atoms with van der Waals surface area (Å²) in [6, 6.07) is 2.49. The summed E-state index contributed by atoms with van der Waals surface area (Å²) in [6.45, 7) is 6.80. The molecule has 108 valence electrons. The third-order valence-electron chi connectivity index (χ3n) is 4.52. The van der Waals surface area contributed by atoms with Crippen LogP contribution in [0.4, 0.5) is 0 Å². The van der Waals surface area contributed by atoms with Gasteiger partial charge in [-0.05, 0) is 43.2 Å². The molecule has 0 amide bonds. The van der Waals surface area contributed by atoms with Crippen molar-refractivity contribution in [2.24, 2.45) is 5.41 Å². The van der Waals surface area contributed by atoms with Crippen LogP contribution in [0.1, 0.15) is 57.0 Å². The molecule has 2 aromatic heterocycles. The summed E-state index contributed by atoms with van der Waals surface area (Å²) in [5, 5.41) is 0. The highest BCUT2D eigenvalue weighted by molar-refractivity contribution is 6.16. The molecule has 1 aliphatic rings. The van der Waals surface area contributed by atoms with Gasteiger partial charge >= 0.3 is 0 Å². The van der Waals surface area contributed by atoms with E-state index in [1.54, 1.807) is 0 Å². The molecule has 1 unspecified atom stereocenters. The Morgan fingerprint density at radius 1 is 1.45 bits per heavy atom. The molecule has 0 aliphatic heterocycles. The van der Waals surface area contributed by atoms with Crippen LogP contribution in [0.25, 0.3) is 11.2 Å². The van der Waals surface area contributed by atoms with Gasteiger partial charge in [-0.3, -0.25) is 0 Å². The van der Waals surface area contributed by atoms with Crippen LogP contribution in [0.15, 0.2) is 12.3 Å². The topological polar surface area (TPSA) is 30.7 Å². The zero-order chi connectivity index (χ0) is 14.3. The number of imidazole rings is 1. The van der Waals surface area contributed by atoms with E-state index in [4.69, 9.17) is 16.6 Å². The Balaban J connectivity index is 2.12. The van der Waals surface area contributed by atoms with Crippen LogP contribution in [-0.4, -0.2) is 14.5 Å². The number of hydrogen-bond donors (Lipinski definition) is 0. The van der Waals surface area contributed by atoms with Crippen LogP contribution >= 0.6 is 11.6 Å². The SMILES string of the molecule is Cc1ccnc2c1nc(CCl)n2C1CCCC(C)(C)C1. The second kappa shape index (κ2) is 5.03. The van der Waals surface area contributed by atoms with Gasteiger partial charge in [0.15, 0.2) is 5.65 Å². The predicted octanol–water partition coefficient (Wildman–Crippen LogP) is 4.62. The molecule has 3 nitrogen and oxygen atoms in total. The van der Waals surface area contributed by atoms with Crippen molar-refractivity contribution in [3.63, 3.8) is 0 Å². The number of aromatic nitrogens is 3. The van der Waals surface area contributed by atoms with Crippen LogP contribution in [-0.2, 0) is 5.88 Å². The first-order valence-electron chi connectivity index (χ1n) is 7.40. The van der Waals surface area contributed by atoms with Crippen LogP contribution in [0.3, 0.4) is 0 Å². The molecule has 0 saturated heterocycles. The van der Waals surface area contributed by atoms with Crippen molar-refractivity contribution in [3.8, 4) is 0 Å². The molecule has 2 heterocycles. The number of alkyl halides is 1. The highest BCUT2D eigenvalue weighted by Crippen LogP contribution is 2.42.